The fourth-order valence-electron chi connectivity index (χ4n) is 1.56. The van der Waals surface area contributed by atoms with Crippen LogP contribution in [0.5, 0.6) is 0 Å². The van der Waals surface area contributed by atoms with Crippen LogP contribution < -0.4 is 5.73 Å². The molecule has 0 aliphatic carbocycles. The highest BCUT2D eigenvalue weighted by Gasteiger charge is 2.09. The van der Waals surface area contributed by atoms with Crippen LogP contribution in [0, 0.1) is 6.92 Å². The fourth-order valence-corrected chi connectivity index (χ4v) is 2.61. The minimum Gasteiger partial charge on any atom is -0.398 e. The van der Waals surface area contributed by atoms with Crippen LogP contribution in [-0.2, 0) is 6.42 Å². The van der Waals surface area contributed by atoms with E-state index >= 15 is 0 Å². The van der Waals surface area contributed by atoms with Gasteiger partial charge in [0.15, 0.2) is 0 Å². The van der Waals surface area contributed by atoms with Crippen LogP contribution in [0.15, 0.2) is 24.3 Å². The van der Waals surface area contributed by atoms with Crippen LogP contribution in [0.1, 0.15) is 17.5 Å². The summed E-state index contributed by atoms with van der Waals surface area (Å²) in [7, 11) is 0. The maximum Gasteiger partial charge on any atom is 0.125 e. The van der Waals surface area contributed by atoms with Gasteiger partial charge in [0.2, 0.25) is 0 Å². The number of hydrogen-bond acceptors (Lipinski definition) is 3. The van der Waals surface area contributed by atoms with E-state index in [1.165, 1.54) is 4.88 Å². The Morgan fingerprint density at radius 2 is 2.07 bits per heavy atom. The lowest BCUT2D eigenvalue weighted by molar-refractivity contribution is 1.11. The topological polar surface area (TPSA) is 38.9 Å². The zero-order valence-electron chi connectivity index (χ0n) is 8.95. The largest absolute Gasteiger partial charge is 0.398 e. The van der Waals surface area contributed by atoms with Gasteiger partial charge in [-0.1, -0.05) is 19.1 Å². The summed E-state index contributed by atoms with van der Waals surface area (Å²) in [5.74, 6) is 0. The van der Waals surface area contributed by atoms with Crippen LogP contribution >= 0.6 is 11.3 Å². The smallest absolute Gasteiger partial charge is 0.125 e. The molecule has 0 bridgehead atoms. The second kappa shape index (κ2) is 4.03. The van der Waals surface area contributed by atoms with Crippen molar-refractivity contribution >= 4 is 17.0 Å². The number of nitrogen functional groups attached to an aromatic ring is 1. The number of benzene rings is 1. The Balaban J connectivity index is 2.50. The van der Waals surface area contributed by atoms with Crippen molar-refractivity contribution < 1.29 is 0 Å². The van der Waals surface area contributed by atoms with E-state index in [9.17, 15) is 0 Å². The molecule has 2 nitrogen and oxygen atoms in total. The number of aryl methyl sites for hydroxylation is 2. The molecule has 0 saturated carbocycles. The third-order valence-corrected chi connectivity index (χ3v) is 3.74. The van der Waals surface area contributed by atoms with E-state index in [1.807, 2.05) is 24.3 Å². The van der Waals surface area contributed by atoms with Gasteiger partial charge in [0, 0.05) is 16.1 Å². The highest BCUT2D eigenvalue weighted by molar-refractivity contribution is 7.15. The number of nitrogens with zero attached hydrogens (tertiary/aromatic N) is 1. The Bertz CT molecular complexity index is 474. The summed E-state index contributed by atoms with van der Waals surface area (Å²) in [6.07, 6.45) is 1.04. The van der Waals surface area contributed by atoms with Crippen molar-refractivity contribution in [3.05, 3.63) is 34.8 Å². The Morgan fingerprint density at radius 3 is 2.67 bits per heavy atom. The maximum atomic E-state index is 5.92. The lowest BCUT2D eigenvalue weighted by atomic mass is 10.2. The Labute approximate surface area is 93.8 Å². The van der Waals surface area contributed by atoms with Gasteiger partial charge in [0.25, 0.3) is 0 Å². The molecule has 0 unspecified atom stereocenters. The second-order valence-corrected chi connectivity index (χ2v) is 4.55. The monoisotopic (exact) mass is 218 g/mol. The van der Waals surface area contributed by atoms with Crippen molar-refractivity contribution in [2.24, 2.45) is 0 Å². The molecule has 1 aromatic carbocycles. The van der Waals surface area contributed by atoms with E-state index in [4.69, 9.17) is 5.73 Å². The normalized spacial score (nSPS) is 10.5. The van der Waals surface area contributed by atoms with E-state index in [2.05, 4.69) is 18.8 Å². The van der Waals surface area contributed by atoms with Gasteiger partial charge in [-0.05, 0) is 25.5 Å². The molecule has 0 radical (unpaired) electrons. The lowest BCUT2D eigenvalue weighted by Gasteiger charge is -1.99. The quantitative estimate of drug-likeness (QED) is 0.786. The van der Waals surface area contributed by atoms with E-state index in [-0.39, 0.29) is 0 Å². The second-order valence-electron chi connectivity index (χ2n) is 3.47. The molecule has 3 heteroatoms. The van der Waals surface area contributed by atoms with Gasteiger partial charge in [0.05, 0.1) is 5.69 Å². The number of hydrogen-bond donors (Lipinski definition) is 1. The van der Waals surface area contributed by atoms with Gasteiger partial charge >= 0.3 is 0 Å². The van der Waals surface area contributed by atoms with E-state index in [0.29, 0.717) is 0 Å². The highest BCUT2D eigenvalue weighted by atomic mass is 32.1. The molecule has 1 aromatic heterocycles. The Hall–Kier alpha value is -1.35. The minimum atomic E-state index is 0.800. The molecule has 78 valence electrons. The first-order chi connectivity index (χ1) is 7.22. The number of aromatic nitrogens is 1. The lowest BCUT2D eigenvalue weighted by Crippen LogP contribution is -1.88. The molecule has 15 heavy (non-hydrogen) atoms. The molecule has 2 aromatic rings. The van der Waals surface area contributed by atoms with Gasteiger partial charge in [-0.3, -0.25) is 0 Å². The molecule has 0 fully saturated rings. The molecule has 0 spiro atoms. The molecular weight excluding hydrogens is 204 g/mol. The van der Waals surface area contributed by atoms with Gasteiger partial charge in [0.1, 0.15) is 5.01 Å². The number of thiazole rings is 1. The first kappa shape index (κ1) is 10.2. The number of rotatable bonds is 2. The molecule has 0 aliphatic rings. The molecule has 0 aliphatic heterocycles. The summed E-state index contributed by atoms with van der Waals surface area (Å²) in [5.41, 5.74) is 8.89. The summed E-state index contributed by atoms with van der Waals surface area (Å²) in [4.78, 5) is 5.89. The molecule has 2 N–H and O–H groups in total. The fraction of sp³-hybridized carbons (Fsp3) is 0.250. The molecule has 0 amide bonds. The van der Waals surface area contributed by atoms with Gasteiger partial charge in [-0.2, -0.15) is 0 Å². The third-order valence-electron chi connectivity index (χ3n) is 2.40. The molecule has 2 rings (SSSR count). The van der Waals surface area contributed by atoms with Crippen LogP contribution in [0.2, 0.25) is 0 Å². The molecular formula is C12H14N2S. The van der Waals surface area contributed by atoms with Crippen molar-refractivity contribution in [3.63, 3.8) is 0 Å². The predicted octanol–water partition coefficient (Wildman–Crippen LogP) is 3.26. The first-order valence-corrected chi connectivity index (χ1v) is 5.85. The van der Waals surface area contributed by atoms with E-state index in [0.717, 1.165) is 28.4 Å². The van der Waals surface area contributed by atoms with Crippen LogP contribution in [0.3, 0.4) is 0 Å². The average molecular weight is 218 g/mol. The van der Waals surface area contributed by atoms with Crippen molar-refractivity contribution in [2.75, 3.05) is 5.73 Å². The summed E-state index contributed by atoms with van der Waals surface area (Å²) in [6.45, 7) is 4.20. The van der Waals surface area contributed by atoms with Crippen molar-refractivity contribution in [2.45, 2.75) is 20.3 Å². The summed E-state index contributed by atoms with van der Waals surface area (Å²) in [5, 5.41) is 1.03. The average Bonchev–Trinajstić information content (AvgIpc) is 2.60. The molecule has 1 heterocycles. The SMILES string of the molecule is CCc1sc(-c2ccccc2N)nc1C. The predicted molar refractivity (Wildman–Crippen MR) is 66.1 cm³/mol. The van der Waals surface area contributed by atoms with Crippen molar-refractivity contribution in [1.82, 2.24) is 4.98 Å². The van der Waals surface area contributed by atoms with Crippen molar-refractivity contribution in [1.29, 1.82) is 0 Å². The molecule has 0 atom stereocenters. The van der Waals surface area contributed by atoms with Gasteiger partial charge < -0.3 is 5.73 Å². The Morgan fingerprint density at radius 1 is 1.33 bits per heavy atom. The Kier molecular flexibility index (Phi) is 2.73. The third kappa shape index (κ3) is 1.88. The standard InChI is InChI=1S/C12H14N2S/c1-3-11-8(2)14-12(15-11)9-6-4-5-7-10(9)13/h4-7H,3,13H2,1-2H3. The maximum absolute atomic E-state index is 5.92. The molecule has 0 saturated heterocycles. The summed E-state index contributed by atoms with van der Waals surface area (Å²) < 4.78 is 0. The zero-order valence-corrected chi connectivity index (χ0v) is 9.77. The van der Waals surface area contributed by atoms with Gasteiger partial charge in [-0.15, -0.1) is 11.3 Å². The number of para-hydroxylation sites is 1. The van der Waals surface area contributed by atoms with Gasteiger partial charge in [-0.25, -0.2) is 4.98 Å². The van der Waals surface area contributed by atoms with Crippen LogP contribution in [-0.4, -0.2) is 4.98 Å². The highest BCUT2D eigenvalue weighted by Crippen LogP contribution is 2.31. The van der Waals surface area contributed by atoms with Crippen molar-refractivity contribution in [3.8, 4) is 10.6 Å². The zero-order chi connectivity index (χ0) is 10.8. The first-order valence-electron chi connectivity index (χ1n) is 5.03. The van der Waals surface area contributed by atoms with E-state index < -0.39 is 0 Å². The van der Waals surface area contributed by atoms with Crippen LogP contribution in [0.4, 0.5) is 5.69 Å². The minimum absolute atomic E-state index is 0.800. The van der Waals surface area contributed by atoms with Crippen LogP contribution in [0.25, 0.3) is 10.6 Å². The number of nitrogens with two attached hydrogens (primary N) is 1. The van der Waals surface area contributed by atoms with E-state index in [1.54, 1.807) is 11.3 Å². The number of anilines is 1. The summed E-state index contributed by atoms with van der Waals surface area (Å²) in [6, 6.07) is 7.87. The summed E-state index contributed by atoms with van der Waals surface area (Å²) >= 11 is 1.74.